The molecule has 3 amide bonds. The number of nitrogens with one attached hydrogen (secondary N) is 1. The molecule has 5 rings (SSSR count). The number of ether oxygens (including phenoxy) is 2. The highest BCUT2D eigenvalue weighted by molar-refractivity contribution is 5.98. The number of unbranched alkanes of at least 4 members (excludes halogenated alkanes) is 3. The number of aliphatic hydroxyl groups is 1. The zero-order valence-electron chi connectivity index (χ0n) is 27.1. The second kappa shape index (κ2) is 15.2. The van der Waals surface area contributed by atoms with Crippen molar-refractivity contribution >= 4 is 34.7 Å². The number of nitrogens with zero attached hydrogens (tertiary/aromatic N) is 5. The van der Waals surface area contributed by atoms with Crippen LogP contribution in [0.4, 0.5) is 0 Å². The SMILES string of the molecule is C=CCCC(=O)NC[C@@H](C)OC(=O)[C@@H]1[C@H]2C(=O)N(CCCCCCO)[C@H](C(=O)N(CC=C)Cn3nnc4ccccc43)[C@]23CC[C@H]1O3. The molecule has 1 aromatic carbocycles. The lowest BCUT2D eigenvalue weighted by Gasteiger charge is -2.36. The number of aliphatic hydroxyl groups excluding tert-OH is 1. The number of esters is 1. The zero-order chi connectivity index (χ0) is 33.6. The minimum atomic E-state index is -1.18. The molecule has 3 saturated heterocycles. The van der Waals surface area contributed by atoms with E-state index in [1.807, 2.05) is 24.3 Å². The number of carbonyl (C=O) groups excluding carboxylic acids is 4. The fourth-order valence-corrected chi connectivity index (χ4v) is 7.32. The van der Waals surface area contributed by atoms with Gasteiger partial charge >= 0.3 is 5.97 Å². The van der Waals surface area contributed by atoms with Crippen molar-refractivity contribution < 1.29 is 33.8 Å². The molecule has 0 unspecified atom stereocenters. The third-order valence-corrected chi connectivity index (χ3v) is 9.48. The third kappa shape index (κ3) is 6.96. The average Bonchev–Trinajstić information content (AvgIpc) is 3.82. The molecular formula is C34H46N6O7. The van der Waals surface area contributed by atoms with Gasteiger partial charge in [-0.25, -0.2) is 4.68 Å². The molecule has 2 aromatic rings. The van der Waals surface area contributed by atoms with Crippen LogP contribution in [0, 0.1) is 11.8 Å². The lowest BCUT2D eigenvalue weighted by atomic mass is 9.70. The quantitative estimate of drug-likeness (QED) is 0.140. The first kappa shape index (κ1) is 34.2. The van der Waals surface area contributed by atoms with E-state index in [1.54, 1.807) is 33.6 Å². The number of benzene rings is 1. The molecule has 6 atom stereocenters. The van der Waals surface area contributed by atoms with Crippen LogP contribution < -0.4 is 5.32 Å². The lowest BCUT2D eigenvalue weighted by Crippen LogP contribution is -2.56. The second-order valence-electron chi connectivity index (χ2n) is 12.7. The molecular weight excluding hydrogens is 604 g/mol. The Bertz CT molecular complexity index is 1480. The molecule has 254 valence electrons. The van der Waals surface area contributed by atoms with Crippen LogP contribution in [-0.2, 0) is 35.3 Å². The predicted molar refractivity (Wildman–Crippen MR) is 172 cm³/mol. The Morgan fingerprint density at radius 1 is 1.21 bits per heavy atom. The number of amides is 3. The maximum Gasteiger partial charge on any atom is 0.312 e. The minimum absolute atomic E-state index is 0.0894. The Kier molecular flexibility index (Phi) is 11.1. The largest absolute Gasteiger partial charge is 0.460 e. The highest BCUT2D eigenvalue weighted by atomic mass is 16.6. The molecule has 3 aliphatic heterocycles. The number of allylic oxidation sites excluding steroid dienone is 1. The number of aromatic nitrogens is 3. The monoisotopic (exact) mass is 650 g/mol. The summed E-state index contributed by atoms with van der Waals surface area (Å²) < 4.78 is 14.0. The molecule has 47 heavy (non-hydrogen) atoms. The van der Waals surface area contributed by atoms with E-state index in [2.05, 4.69) is 28.8 Å². The smallest absolute Gasteiger partial charge is 0.312 e. The molecule has 2 N–H and O–H groups in total. The molecule has 1 aromatic heterocycles. The van der Waals surface area contributed by atoms with Crippen molar-refractivity contribution in [1.29, 1.82) is 0 Å². The van der Waals surface area contributed by atoms with Crippen LogP contribution in [0.3, 0.4) is 0 Å². The second-order valence-corrected chi connectivity index (χ2v) is 12.7. The third-order valence-electron chi connectivity index (χ3n) is 9.48. The number of carbonyl (C=O) groups is 4. The normalized spacial score (nSPS) is 25.1. The number of para-hydroxylation sites is 1. The van der Waals surface area contributed by atoms with Crippen LogP contribution in [0.5, 0.6) is 0 Å². The fourth-order valence-electron chi connectivity index (χ4n) is 7.32. The Labute approximate surface area is 274 Å². The molecule has 0 aliphatic carbocycles. The maximum atomic E-state index is 14.6. The molecule has 4 heterocycles. The van der Waals surface area contributed by atoms with Gasteiger partial charge in [-0.2, -0.15) is 0 Å². The first-order valence-electron chi connectivity index (χ1n) is 16.6. The first-order chi connectivity index (χ1) is 22.7. The highest BCUT2D eigenvalue weighted by Gasteiger charge is 2.75. The fraction of sp³-hybridized carbons (Fsp3) is 0.588. The number of fused-ring (bicyclic) bond motifs is 2. The van der Waals surface area contributed by atoms with E-state index < -0.39 is 41.7 Å². The summed E-state index contributed by atoms with van der Waals surface area (Å²) >= 11 is 0. The topological polar surface area (TPSA) is 156 Å². The number of likely N-dealkylation sites (tertiary alicyclic amines) is 1. The van der Waals surface area contributed by atoms with E-state index in [-0.39, 0.29) is 44.1 Å². The van der Waals surface area contributed by atoms with Gasteiger partial charge in [0, 0.05) is 26.1 Å². The summed E-state index contributed by atoms with van der Waals surface area (Å²) in [5.41, 5.74) is 0.280. The van der Waals surface area contributed by atoms with Crippen molar-refractivity contribution in [3.63, 3.8) is 0 Å². The van der Waals surface area contributed by atoms with Gasteiger partial charge in [-0.3, -0.25) is 19.2 Å². The standard InChI is InChI=1S/C34H46N6O7/c1-4-6-15-27(42)35-21-23(3)46-33(45)28-26-16-17-34(47-26)29(28)31(43)39(19-11-7-8-12-20-41)30(34)32(44)38(18-5-2)22-40-25-14-10-9-13-24(25)36-37-40/h4-5,9-10,13-14,23,26,28-30,41H,1-2,6-8,11-12,15-22H2,3H3,(H,35,42)/t23-,26-,28+,29+,30-,34+/m1/s1. The van der Waals surface area contributed by atoms with E-state index in [4.69, 9.17) is 9.47 Å². The van der Waals surface area contributed by atoms with Gasteiger partial charge in [-0.15, -0.1) is 18.3 Å². The molecule has 13 heteroatoms. The maximum absolute atomic E-state index is 14.6. The van der Waals surface area contributed by atoms with Crippen molar-refractivity contribution in [2.45, 2.75) is 88.8 Å². The van der Waals surface area contributed by atoms with E-state index in [9.17, 15) is 24.3 Å². The van der Waals surface area contributed by atoms with Crippen molar-refractivity contribution in [2.24, 2.45) is 11.8 Å². The summed E-state index contributed by atoms with van der Waals surface area (Å²) in [4.78, 5) is 57.9. The van der Waals surface area contributed by atoms with E-state index in [0.717, 1.165) is 18.4 Å². The molecule has 0 radical (unpaired) electrons. The highest BCUT2D eigenvalue weighted by Crippen LogP contribution is 2.59. The van der Waals surface area contributed by atoms with Crippen LogP contribution in [0.15, 0.2) is 49.6 Å². The lowest BCUT2D eigenvalue weighted by molar-refractivity contribution is -0.159. The van der Waals surface area contributed by atoms with E-state index in [0.29, 0.717) is 50.6 Å². The minimum Gasteiger partial charge on any atom is -0.460 e. The van der Waals surface area contributed by atoms with Crippen LogP contribution in [0.25, 0.3) is 11.0 Å². The van der Waals surface area contributed by atoms with Gasteiger partial charge in [0.2, 0.25) is 17.7 Å². The number of rotatable bonds is 18. The van der Waals surface area contributed by atoms with Gasteiger partial charge < -0.3 is 29.7 Å². The zero-order valence-corrected chi connectivity index (χ0v) is 27.1. The summed E-state index contributed by atoms with van der Waals surface area (Å²) in [6.45, 7) is 10.0. The predicted octanol–water partition coefficient (Wildman–Crippen LogP) is 2.34. The van der Waals surface area contributed by atoms with Crippen LogP contribution in [0.1, 0.15) is 58.3 Å². The van der Waals surface area contributed by atoms with Gasteiger partial charge in [0.25, 0.3) is 0 Å². The molecule has 0 saturated carbocycles. The summed E-state index contributed by atoms with van der Waals surface area (Å²) in [7, 11) is 0. The van der Waals surface area contributed by atoms with Crippen molar-refractivity contribution in [1.82, 2.24) is 30.1 Å². The van der Waals surface area contributed by atoms with Crippen LogP contribution >= 0.6 is 0 Å². The average molecular weight is 651 g/mol. The first-order valence-corrected chi connectivity index (χ1v) is 16.6. The summed E-state index contributed by atoms with van der Waals surface area (Å²) in [5, 5.41) is 20.5. The van der Waals surface area contributed by atoms with Gasteiger partial charge in [0.1, 0.15) is 29.9 Å². The molecule has 2 bridgehead atoms. The molecule has 3 aliphatic rings. The molecule has 1 spiro atoms. The van der Waals surface area contributed by atoms with Crippen molar-refractivity contribution in [3.05, 3.63) is 49.6 Å². The summed E-state index contributed by atoms with van der Waals surface area (Å²) in [6, 6.07) is 6.52. The van der Waals surface area contributed by atoms with E-state index in [1.165, 1.54) is 0 Å². The Balaban J connectivity index is 1.38. The summed E-state index contributed by atoms with van der Waals surface area (Å²) in [6.07, 6.45) is 6.79. The van der Waals surface area contributed by atoms with Crippen molar-refractivity contribution in [2.75, 3.05) is 26.2 Å². The Hall–Kier alpha value is -4.10. The Morgan fingerprint density at radius 2 is 2.00 bits per heavy atom. The van der Waals surface area contributed by atoms with Crippen LogP contribution in [-0.4, -0.2) is 104 Å². The number of hydrogen-bond donors (Lipinski definition) is 2. The molecule has 13 nitrogen and oxygen atoms in total. The van der Waals surface area contributed by atoms with Crippen LogP contribution in [0.2, 0.25) is 0 Å². The van der Waals surface area contributed by atoms with Gasteiger partial charge in [-0.05, 0) is 51.2 Å². The summed E-state index contributed by atoms with van der Waals surface area (Å²) in [5.74, 6) is -3.05. The van der Waals surface area contributed by atoms with Gasteiger partial charge in [0.15, 0.2) is 0 Å². The Morgan fingerprint density at radius 3 is 2.77 bits per heavy atom. The van der Waals surface area contributed by atoms with Crippen molar-refractivity contribution in [3.8, 4) is 0 Å². The number of hydrogen-bond acceptors (Lipinski definition) is 9. The van der Waals surface area contributed by atoms with Gasteiger partial charge in [0.05, 0.1) is 30.0 Å². The van der Waals surface area contributed by atoms with E-state index >= 15 is 0 Å². The van der Waals surface area contributed by atoms with Gasteiger partial charge in [-0.1, -0.05) is 42.3 Å². The molecule has 3 fully saturated rings.